The second-order valence-corrected chi connectivity index (χ2v) is 8.52. The normalized spacial score (nSPS) is 15.3. The lowest BCUT2D eigenvalue weighted by Crippen LogP contribution is -2.51. The van der Waals surface area contributed by atoms with E-state index in [0.717, 1.165) is 13.1 Å². The van der Waals surface area contributed by atoms with Crippen molar-refractivity contribution in [3.63, 3.8) is 0 Å². The molecule has 1 aliphatic heterocycles. The Labute approximate surface area is 167 Å². The summed E-state index contributed by atoms with van der Waals surface area (Å²) < 4.78 is 0. The van der Waals surface area contributed by atoms with Gasteiger partial charge in [0.1, 0.15) is 0 Å². The molecule has 1 aromatic carbocycles. The van der Waals surface area contributed by atoms with Gasteiger partial charge in [0.05, 0.1) is 6.54 Å². The van der Waals surface area contributed by atoms with E-state index in [1.54, 1.807) is 11.3 Å². The molecule has 5 heteroatoms. The first-order chi connectivity index (χ1) is 12.0. The van der Waals surface area contributed by atoms with E-state index in [0.29, 0.717) is 12.5 Å². The molecule has 1 unspecified atom stereocenters. The molecular weight excluding hydrogens is 364 g/mol. The van der Waals surface area contributed by atoms with Crippen molar-refractivity contribution in [1.29, 1.82) is 0 Å². The minimum Gasteiger partial charge on any atom is -0.335 e. The zero-order chi connectivity index (χ0) is 18.0. The molecule has 0 bridgehead atoms. The SMILES string of the molecule is Cc1ccccc1-c1ccc(CN(C(=O)C(C)C2CNC2)C(C)C)s1.Cl. The standard InChI is InChI=1S/C21H28N2OS.ClH/c1-14(2)23(21(24)16(4)17-11-22-12-17)13-18-9-10-20(25-18)19-8-6-5-7-15(19)3;/h5-10,14,16-17,22H,11-13H2,1-4H3;1H. The van der Waals surface area contributed by atoms with Gasteiger partial charge in [-0.25, -0.2) is 0 Å². The fraction of sp³-hybridized carbons (Fsp3) is 0.476. The fourth-order valence-corrected chi connectivity index (χ4v) is 4.36. The maximum absolute atomic E-state index is 13.0. The molecule has 0 radical (unpaired) electrons. The van der Waals surface area contributed by atoms with Crippen LogP contribution in [0.15, 0.2) is 36.4 Å². The molecular formula is C21H29ClN2OS. The van der Waals surface area contributed by atoms with E-state index >= 15 is 0 Å². The number of amides is 1. The largest absolute Gasteiger partial charge is 0.335 e. The number of nitrogens with one attached hydrogen (secondary N) is 1. The lowest BCUT2D eigenvalue weighted by Gasteiger charge is -2.36. The molecule has 0 spiro atoms. The Kier molecular flexibility index (Phi) is 7.27. The minimum absolute atomic E-state index is 0. The lowest BCUT2D eigenvalue weighted by atomic mass is 9.87. The Bertz CT molecular complexity index is 739. The number of thiophene rings is 1. The van der Waals surface area contributed by atoms with E-state index in [4.69, 9.17) is 0 Å². The fourth-order valence-electron chi connectivity index (χ4n) is 3.27. The molecule has 2 aromatic rings. The van der Waals surface area contributed by atoms with Crippen LogP contribution in [0.4, 0.5) is 0 Å². The summed E-state index contributed by atoms with van der Waals surface area (Å²) in [6, 6.07) is 13.0. The van der Waals surface area contributed by atoms with Gasteiger partial charge in [0.15, 0.2) is 0 Å². The van der Waals surface area contributed by atoms with Crippen molar-refractivity contribution in [2.45, 2.75) is 40.3 Å². The van der Waals surface area contributed by atoms with Gasteiger partial charge in [0.2, 0.25) is 5.91 Å². The van der Waals surface area contributed by atoms with E-state index in [1.807, 2.05) is 4.90 Å². The number of benzene rings is 1. The summed E-state index contributed by atoms with van der Waals surface area (Å²) in [4.78, 5) is 17.5. The molecule has 3 nitrogen and oxygen atoms in total. The third kappa shape index (κ3) is 4.48. The van der Waals surface area contributed by atoms with Gasteiger partial charge in [0.25, 0.3) is 0 Å². The molecule has 1 fully saturated rings. The molecule has 26 heavy (non-hydrogen) atoms. The molecule has 1 atom stereocenters. The van der Waals surface area contributed by atoms with Crippen LogP contribution in [-0.2, 0) is 11.3 Å². The van der Waals surface area contributed by atoms with Crippen LogP contribution in [0.5, 0.6) is 0 Å². The third-order valence-electron chi connectivity index (χ3n) is 5.21. The Balaban J connectivity index is 0.00000243. The van der Waals surface area contributed by atoms with Crippen molar-refractivity contribution in [1.82, 2.24) is 10.2 Å². The first-order valence-corrected chi connectivity index (χ1v) is 9.95. The summed E-state index contributed by atoms with van der Waals surface area (Å²) in [5.74, 6) is 0.867. The highest BCUT2D eigenvalue weighted by Gasteiger charge is 2.32. The Morgan fingerprint density at radius 2 is 1.88 bits per heavy atom. The molecule has 0 aliphatic carbocycles. The molecule has 1 amide bonds. The molecule has 3 rings (SSSR count). The third-order valence-corrected chi connectivity index (χ3v) is 6.32. The van der Waals surface area contributed by atoms with Gasteiger partial charge in [-0.15, -0.1) is 23.7 Å². The Hall–Kier alpha value is -1.36. The van der Waals surface area contributed by atoms with Gasteiger partial charge in [-0.2, -0.15) is 0 Å². The molecule has 1 N–H and O–H groups in total. The van der Waals surface area contributed by atoms with E-state index in [-0.39, 0.29) is 30.3 Å². The van der Waals surface area contributed by atoms with Crippen LogP contribution in [0, 0.1) is 18.8 Å². The number of hydrogen-bond donors (Lipinski definition) is 1. The topological polar surface area (TPSA) is 32.3 Å². The smallest absolute Gasteiger partial charge is 0.226 e. The van der Waals surface area contributed by atoms with Crippen LogP contribution < -0.4 is 5.32 Å². The summed E-state index contributed by atoms with van der Waals surface area (Å²) in [6.07, 6.45) is 0. The highest BCUT2D eigenvalue weighted by Crippen LogP contribution is 2.31. The van der Waals surface area contributed by atoms with Crippen LogP contribution in [0.25, 0.3) is 10.4 Å². The van der Waals surface area contributed by atoms with Crippen LogP contribution >= 0.6 is 23.7 Å². The maximum Gasteiger partial charge on any atom is 0.226 e. The van der Waals surface area contributed by atoms with Crippen LogP contribution in [0.2, 0.25) is 0 Å². The van der Waals surface area contributed by atoms with Crippen molar-refractivity contribution in [2.24, 2.45) is 11.8 Å². The van der Waals surface area contributed by atoms with Crippen LogP contribution in [-0.4, -0.2) is 29.9 Å². The molecule has 2 heterocycles. The monoisotopic (exact) mass is 392 g/mol. The number of rotatable bonds is 6. The van der Waals surface area contributed by atoms with Gasteiger partial charge in [-0.3, -0.25) is 4.79 Å². The molecule has 1 aromatic heterocycles. The molecule has 142 valence electrons. The summed E-state index contributed by atoms with van der Waals surface area (Å²) >= 11 is 1.80. The van der Waals surface area contributed by atoms with Crippen LogP contribution in [0.1, 0.15) is 31.2 Å². The second-order valence-electron chi connectivity index (χ2n) is 7.35. The molecule has 1 saturated heterocycles. The summed E-state index contributed by atoms with van der Waals surface area (Å²) in [7, 11) is 0. The number of carbonyl (C=O) groups excluding carboxylic acids is 1. The van der Waals surface area contributed by atoms with Crippen molar-refractivity contribution >= 4 is 29.7 Å². The van der Waals surface area contributed by atoms with E-state index < -0.39 is 0 Å². The number of halogens is 1. The first-order valence-electron chi connectivity index (χ1n) is 9.13. The zero-order valence-corrected chi connectivity index (χ0v) is 17.6. The average molecular weight is 393 g/mol. The highest BCUT2D eigenvalue weighted by atomic mass is 35.5. The highest BCUT2D eigenvalue weighted by molar-refractivity contribution is 7.15. The van der Waals surface area contributed by atoms with Gasteiger partial charge >= 0.3 is 0 Å². The lowest BCUT2D eigenvalue weighted by molar-refractivity contribution is -0.139. The number of hydrogen-bond acceptors (Lipinski definition) is 3. The van der Waals surface area contributed by atoms with Crippen molar-refractivity contribution in [3.05, 3.63) is 46.8 Å². The first kappa shape index (κ1) is 20.9. The van der Waals surface area contributed by atoms with Gasteiger partial charge in [-0.1, -0.05) is 31.2 Å². The molecule has 1 aliphatic rings. The van der Waals surface area contributed by atoms with Crippen LogP contribution in [0.3, 0.4) is 0 Å². The predicted octanol–water partition coefficient (Wildman–Crippen LogP) is 4.74. The van der Waals surface area contributed by atoms with Crippen molar-refractivity contribution < 1.29 is 4.79 Å². The molecule has 0 saturated carbocycles. The van der Waals surface area contributed by atoms with E-state index in [9.17, 15) is 4.79 Å². The Morgan fingerprint density at radius 1 is 1.19 bits per heavy atom. The maximum atomic E-state index is 13.0. The number of nitrogens with zero attached hydrogens (tertiary/aromatic N) is 1. The van der Waals surface area contributed by atoms with Gasteiger partial charge < -0.3 is 10.2 Å². The van der Waals surface area contributed by atoms with E-state index in [2.05, 4.69) is 69.4 Å². The van der Waals surface area contributed by atoms with Crippen molar-refractivity contribution in [2.75, 3.05) is 13.1 Å². The minimum atomic E-state index is 0. The number of aryl methyl sites for hydroxylation is 1. The predicted molar refractivity (Wildman–Crippen MR) is 113 cm³/mol. The van der Waals surface area contributed by atoms with Gasteiger partial charge in [0, 0.05) is 21.7 Å². The second kappa shape index (κ2) is 9.03. The Morgan fingerprint density at radius 3 is 2.46 bits per heavy atom. The summed E-state index contributed by atoms with van der Waals surface area (Å²) in [5, 5.41) is 3.27. The average Bonchev–Trinajstić information content (AvgIpc) is 2.99. The summed E-state index contributed by atoms with van der Waals surface area (Å²) in [5.41, 5.74) is 2.58. The van der Waals surface area contributed by atoms with Gasteiger partial charge in [-0.05, 0) is 63.0 Å². The number of carbonyl (C=O) groups is 1. The quantitative estimate of drug-likeness (QED) is 0.770. The zero-order valence-electron chi connectivity index (χ0n) is 16.0. The van der Waals surface area contributed by atoms with Crippen molar-refractivity contribution in [3.8, 4) is 10.4 Å². The summed E-state index contributed by atoms with van der Waals surface area (Å²) in [6.45, 7) is 11.1. The van der Waals surface area contributed by atoms with E-state index in [1.165, 1.54) is 20.9 Å².